The first-order valence-corrected chi connectivity index (χ1v) is 9.47. The number of ether oxygens (including phenoxy) is 1. The van der Waals surface area contributed by atoms with Gasteiger partial charge < -0.3 is 9.84 Å². The van der Waals surface area contributed by atoms with Crippen LogP contribution in [0.3, 0.4) is 0 Å². The molecule has 4 heteroatoms. The third kappa shape index (κ3) is 3.44. The van der Waals surface area contributed by atoms with Crippen LogP contribution >= 0.6 is 0 Å². The Hall–Kier alpha value is -0.420. The van der Waals surface area contributed by atoms with Gasteiger partial charge in [-0.15, -0.1) is 0 Å². The fraction of sp³-hybridized carbons (Fsp3) is 0.900. The van der Waals surface area contributed by atoms with Crippen LogP contribution in [0.25, 0.3) is 0 Å². The lowest BCUT2D eigenvalue weighted by atomic mass is 9.71. The van der Waals surface area contributed by atoms with Gasteiger partial charge in [-0.2, -0.15) is 0 Å². The van der Waals surface area contributed by atoms with Gasteiger partial charge in [0.25, 0.3) is 0 Å². The van der Waals surface area contributed by atoms with Crippen LogP contribution in [-0.2, 0) is 9.62 Å². The molecular formula is C20H34O4. The number of epoxide rings is 1. The molecule has 2 saturated carbocycles. The van der Waals surface area contributed by atoms with Crippen molar-refractivity contribution in [1.29, 1.82) is 0 Å². The minimum absolute atomic E-state index is 0.000298. The molecule has 24 heavy (non-hydrogen) atoms. The van der Waals surface area contributed by atoms with Crippen LogP contribution in [0.15, 0.2) is 12.2 Å². The number of hydrogen-bond donors (Lipinski definition) is 2. The van der Waals surface area contributed by atoms with Crippen LogP contribution < -0.4 is 0 Å². The van der Waals surface area contributed by atoms with E-state index in [1.807, 2.05) is 13.8 Å². The van der Waals surface area contributed by atoms with Crippen molar-refractivity contribution < 1.29 is 20.0 Å². The van der Waals surface area contributed by atoms with Crippen molar-refractivity contribution in [3.63, 3.8) is 0 Å². The molecular weight excluding hydrogens is 304 g/mol. The van der Waals surface area contributed by atoms with Crippen molar-refractivity contribution in [3.8, 4) is 0 Å². The summed E-state index contributed by atoms with van der Waals surface area (Å²) in [5, 5.41) is 20.1. The predicted octanol–water partition coefficient (Wildman–Crippen LogP) is 4.33. The molecule has 2 N–H and O–H groups in total. The largest absolute Gasteiger partial charge is 0.390 e. The van der Waals surface area contributed by atoms with Crippen LogP contribution in [-0.4, -0.2) is 33.8 Å². The first kappa shape index (κ1) is 18.4. The maximum absolute atomic E-state index is 10.9. The molecule has 0 aromatic carbocycles. The molecule has 0 aromatic rings. The van der Waals surface area contributed by atoms with Gasteiger partial charge in [0.2, 0.25) is 0 Å². The van der Waals surface area contributed by atoms with Gasteiger partial charge in [0.05, 0.1) is 17.3 Å². The Kier molecular flexibility index (Phi) is 4.66. The lowest BCUT2D eigenvalue weighted by Crippen LogP contribution is -2.34. The molecule has 2 aliphatic carbocycles. The van der Waals surface area contributed by atoms with E-state index in [0.717, 1.165) is 50.5 Å². The molecule has 1 heterocycles. The van der Waals surface area contributed by atoms with E-state index in [2.05, 4.69) is 25.3 Å². The predicted molar refractivity (Wildman–Crippen MR) is 93.6 cm³/mol. The molecule has 0 spiro atoms. The summed E-state index contributed by atoms with van der Waals surface area (Å²) in [6.07, 6.45) is 6.87. The molecule has 0 amide bonds. The molecule has 3 fully saturated rings. The van der Waals surface area contributed by atoms with E-state index in [1.165, 1.54) is 0 Å². The monoisotopic (exact) mass is 338 g/mol. The first-order chi connectivity index (χ1) is 11.1. The van der Waals surface area contributed by atoms with Crippen LogP contribution in [0.1, 0.15) is 72.6 Å². The molecule has 0 radical (unpaired) electrons. The summed E-state index contributed by atoms with van der Waals surface area (Å²) in [6, 6.07) is 0. The summed E-state index contributed by atoms with van der Waals surface area (Å²) < 4.78 is 5.97. The van der Waals surface area contributed by atoms with Crippen molar-refractivity contribution in [2.75, 3.05) is 0 Å². The highest BCUT2D eigenvalue weighted by atomic mass is 17.1. The minimum Gasteiger partial charge on any atom is -0.390 e. The van der Waals surface area contributed by atoms with Gasteiger partial charge in [0.1, 0.15) is 6.10 Å². The zero-order valence-electron chi connectivity index (χ0n) is 15.7. The highest BCUT2D eigenvalue weighted by Crippen LogP contribution is 2.62. The molecule has 7 atom stereocenters. The Balaban J connectivity index is 1.73. The van der Waals surface area contributed by atoms with Crippen LogP contribution in [0.4, 0.5) is 0 Å². The van der Waals surface area contributed by atoms with Gasteiger partial charge in [-0.05, 0) is 88.5 Å². The van der Waals surface area contributed by atoms with E-state index in [4.69, 9.17) is 9.99 Å². The highest BCUT2D eigenvalue weighted by Gasteiger charge is 2.60. The molecule has 0 unspecified atom stereocenters. The summed E-state index contributed by atoms with van der Waals surface area (Å²) in [7, 11) is 0. The molecule has 1 aliphatic heterocycles. The highest BCUT2D eigenvalue weighted by molar-refractivity contribution is 5.10. The number of rotatable bonds is 5. The Bertz CT molecular complexity index is 502. The Morgan fingerprint density at radius 2 is 1.96 bits per heavy atom. The zero-order chi connectivity index (χ0) is 17.8. The molecule has 4 nitrogen and oxygen atoms in total. The normalized spacial score (nSPS) is 48.8. The third-order valence-electron chi connectivity index (χ3n) is 7.28. The summed E-state index contributed by atoms with van der Waals surface area (Å²) >= 11 is 0. The van der Waals surface area contributed by atoms with E-state index < -0.39 is 5.60 Å². The maximum Gasteiger partial charge on any atom is 0.113 e. The summed E-state index contributed by atoms with van der Waals surface area (Å²) in [4.78, 5) is 4.61. The lowest BCUT2D eigenvalue weighted by molar-refractivity contribution is -0.270. The summed E-state index contributed by atoms with van der Waals surface area (Å²) in [5.74, 6) is 0.944. The third-order valence-corrected chi connectivity index (χ3v) is 7.28. The van der Waals surface area contributed by atoms with Crippen LogP contribution in [0, 0.1) is 17.3 Å². The fourth-order valence-electron chi connectivity index (χ4n) is 5.02. The van der Waals surface area contributed by atoms with E-state index in [0.29, 0.717) is 17.9 Å². The average molecular weight is 338 g/mol. The molecule has 3 aliphatic rings. The maximum atomic E-state index is 10.9. The fourth-order valence-corrected chi connectivity index (χ4v) is 5.02. The Morgan fingerprint density at radius 3 is 2.58 bits per heavy atom. The minimum atomic E-state index is -0.586. The van der Waals surface area contributed by atoms with Gasteiger partial charge in [-0.1, -0.05) is 13.5 Å². The quantitative estimate of drug-likeness (QED) is 0.339. The van der Waals surface area contributed by atoms with Crippen LogP contribution in [0.5, 0.6) is 0 Å². The van der Waals surface area contributed by atoms with Gasteiger partial charge >= 0.3 is 0 Å². The Labute approximate surface area is 146 Å². The van der Waals surface area contributed by atoms with E-state index >= 15 is 0 Å². The second-order valence-corrected chi connectivity index (χ2v) is 9.40. The van der Waals surface area contributed by atoms with Gasteiger partial charge in [-0.3, -0.25) is 5.26 Å². The SMILES string of the molecule is C=C(C)[C@H](CC[C@@]1(C)CC[C@]2(C)O[C@H]2CC[C@](C)(O)[C@H]2C[C@@H]21)OO. The van der Waals surface area contributed by atoms with Gasteiger partial charge in [-0.25, -0.2) is 4.89 Å². The van der Waals surface area contributed by atoms with E-state index in [-0.39, 0.29) is 17.1 Å². The zero-order valence-corrected chi connectivity index (χ0v) is 15.7. The van der Waals surface area contributed by atoms with Crippen molar-refractivity contribution >= 4 is 0 Å². The summed E-state index contributed by atoms with van der Waals surface area (Å²) in [5.41, 5.74) is 0.424. The molecule has 138 valence electrons. The Morgan fingerprint density at radius 1 is 1.25 bits per heavy atom. The molecule has 3 rings (SSSR count). The smallest absolute Gasteiger partial charge is 0.113 e. The standard InChI is InChI=1S/C20H34O4/c1-13(2)16(24-22)6-8-18(3)10-11-20(5)17(23-20)7-9-19(4,21)15-12-14(15)18/h14-17,21-22H,1,6-12H2,2-5H3/t14-,15-,16-,17-,18-,19-,20-/m0/s1. The first-order valence-electron chi connectivity index (χ1n) is 9.47. The molecule has 0 bridgehead atoms. The van der Waals surface area contributed by atoms with Gasteiger partial charge in [0, 0.05) is 0 Å². The molecule has 1 saturated heterocycles. The van der Waals surface area contributed by atoms with E-state index in [1.54, 1.807) is 0 Å². The second kappa shape index (κ2) is 6.08. The topological polar surface area (TPSA) is 62.2 Å². The van der Waals surface area contributed by atoms with Gasteiger partial charge in [0.15, 0.2) is 0 Å². The van der Waals surface area contributed by atoms with Crippen molar-refractivity contribution in [2.45, 2.75) is 96.1 Å². The summed E-state index contributed by atoms with van der Waals surface area (Å²) in [6.45, 7) is 12.4. The van der Waals surface area contributed by atoms with E-state index in [9.17, 15) is 5.11 Å². The molecule has 0 aromatic heterocycles. The van der Waals surface area contributed by atoms with Crippen molar-refractivity contribution in [3.05, 3.63) is 12.2 Å². The number of aliphatic hydroxyl groups is 1. The second-order valence-electron chi connectivity index (χ2n) is 9.40. The van der Waals surface area contributed by atoms with Crippen molar-refractivity contribution in [2.24, 2.45) is 17.3 Å². The lowest BCUT2D eigenvalue weighted by Gasteiger charge is -2.35. The average Bonchev–Trinajstić information content (AvgIpc) is 3.38. The van der Waals surface area contributed by atoms with Crippen molar-refractivity contribution in [1.82, 2.24) is 0 Å². The number of fused-ring (bicyclic) bond motifs is 2. The van der Waals surface area contributed by atoms with Crippen LogP contribution in [0.2, 0.25) is 0 Å². The number of hydrogen-bond acceptors (Lipinski definition) is 4.